The first-order valence-electron chi connectivity index (χ1n) is 11.3. The summed E-state index contributed by atoms with van der Waals surface area (Å²) in [5.74, 6) is 1.45. The number of hydrogen-bond donors (Lipinski definition) is 2. The maximum atomic E-state index is 6.04. The SMILES string of the molecule is c1ccc2c(c1)oc1cc(/N=c3\ncnc(Nc4cc5oc6ccccc6c5o4)c4c[nH]cc34)oc12. The number of furan rings is 4. The lowest BCUT2D eigenvalue weighted by Gasteiger charge is -1.99. The molecule has 0 atom stereocenters. The van der Waals surface area contributed by atoms with E-state index >= 15 is 0 Å². The van der Waals surface area contributed by atoms with Crippen molar-refractivity contribution in [2.45, 2.75) is 0 Å². The van der Waals surface area contributed by atoms with Crippen LogP contribution in [0.2, 0.25) is 0 Å². The fraction of sp³-hybridized carbons (Fsp3) is 0. The Kier molecular flexibility index (Phi) is 3.75. The summed E-state index contributed by atoms with van der Waals surface area (Å²) in [6, 6.07) is 19.0. The Labute approximate surface area is 200 Å². The van der Waals surface area contributed by atoms with E-state index in [4.69, 9.17) is 17.7 Å². The molecular formula is C27H15N5O4. The predicted octanol–water partition coefficient (Wildman–Crippen LogP) is 6.92. The molecule has 0 amide bonds. The van der Waals surface area contributed by atoms with Gasteiger partial charge in [0.05, 0.1) is 10.8 Å². The van der Waals surface area contributed by atoms with E-state index in [0.717, 1.165) is 32.7 Å². The van der Waals surface area contributed by atoms with E-state index in [0.29, 0.717) is 45.4 Å². The minimum absolute atomic E-state index is 0.392. The molecule has 0 saturated heterocycles. The first kappa shape index (κ1) is 19.0. The molecule has 6 aromatic heterocycles. The Bertz CT molecular complexity index is 2160. The lowest BCUT2D eigenvalue weighted by Crippen LogP contribution is -2.03. The average Bonchev–Trinajstić information content (AvgIpc) is 3.68. The van der Waals surface area contributed by atoms with Crippen LogP contribution >= 0.6 is 0 Å². The second kappa shape index (κ2) is 7.09. The molecular weight excluding hydrogens is 458 g/mol. The number of rotatable bonds is 3. The van der Waals surface area contributed by atoms with E-state index in [1.807, 2.05) is 67.0 Å². The van der Waals surface area contributed by atoms with Crippen LogP contribution in [0, 0.1) is 0 Å². The van der Waals surface area contributed by atoms with Crippen molar-refractivity contribution in [3.05, 3.63) is 84.9 Å². The maximum absolute atomic E-state index is 6.04. The van der Waals surface area contributed by atoms with Crippen molar-refractivity contribution in [2.24, 2.45) is 4.99 Å². The molecule has 0 radical (unpaired) electrons. The van der Waals surface area contributed by atoms with Gasteiger partial charge in [0.25, 0.3) is 0 Å². The van der Waals surface area contributed by atoms with Gasteiger partial charge >= 0.3 is 0 Å². The molecule has 8 aromatic rings. The first-order valence-corrected chi connectivity index (χ1v) is 11.3. The molecule has 9 nitrogen and oxygen atoms in total. The number of H-pyrrole nitrogens is 1. The Balaban J connectivity index is 1.22. The molecule has 2 aromatic carbocycles. The van der Waals surface area contributed by atoms with Gasteiger partial charge in [-0.25, -0.2) is 9.97 Å². The Morgan fingerprint density at radius 1 is 0.667 bits per heavy atom. The smallest absolute Gasteiger partial charge is 0.225 e. The zero-order valence-electron chi connectivity index (χ0n) is 18.5. The molecule has 0 aliphatic carbocycles. The van der Waals surface area contributed by atoms with Crippen LogP contribution in [0.3, 0.4) is 0 Å². The number of nitrogens with one attached hydrogen (secondary N) is 2. The van der Waals surface area contributed by atoms with Crippen LogP contribution in [0.4, 0.5) is 17.6 Å². The Morgan fingerprint density at radius 2 is 1.36 bits per heavy atom. The van der Waals surface area contributed by atoms with Gasteiger partial charge in [-0.2, -0.15) is 4.99 Å². The van der Waals surface area contributed by atoms with E-state index in [2.05, 4.69) is 25.3 Å². The van der Waals surface area contributed by atoms with Gasteiger partial charge in [-0.1, -0.05) is 24.3 Å². The minimum Gasteiger partial charge on any atom is -0.452 e. The fourth-order valence-corrected chi connectivity index (χ4v) is 4.54. The van der Waals surface area contributed by atoms with Crippen molar-refractivity contribution >= 4 is 72.6 Å². The maximum Gasteiger partial charge on any atom is 0.225 e. The molecule has 0 spiro atoms. The third kappa shape index (κ3) is 2.80. The molecule has 8 rings (SSSR count). The monoisotopic (exact) mass is 473 g/mol. The zero-order chi connectivity index (χ0) is 23.6. The van der Waals surface area contributed by atoms with Crippen LogP contribution in [0.25, 0.3) is 55.0 Å². The second-order valence-corrected chi connectivity index (χ2v) is 8.34. The highest BCUT2D eigenvalue weighted by molar-refractivity contribution is 6.03. The standard InChI is InChI=1S/C27H15N5O4/c1-3-7-18-14(5-1)24-20(33-18)9-22(35-24)31-26-16-11-28-12-17(16)27(30-13-29-26)32-23-10-21-25(36-23)15-6-2-4-8-19(15)34-21/h1-13,28H,(H,29,30,31,32). The predicted molar refractivity (Wildman–Crippen MR) is 134 cm³/mol. The van der Waals surface area contributed by atoms with E-state index < -0.39 is 0 Å². The minimum atomic E-state index is 0.392. The third-order valence-electron chi connectivity index (χ3n) is 6.15. The van der Waals surface area contributed by atoms with Gasteiger partial charge in [0.2, 0.25) is 11.8 Å². The van der Waals surface area contributed by atoms with Crippen LogP contribution in [0.15, 0.2) is 102 Å². The number of benzene rings is 2. The summed E-state index contributed by atoms with van der Waals surface area (Å²) in [7, 11) is 0. The highest BCUT2D eigenvalue weighted by Gasteiger charge is 2.15. The highest BCUT2D eigenvalue weighted by Crippen LogP contribution is 2.35. The van der Waals surface area contributed by atoms with Crippen molar-refractivity contribution in [3.63, 3.8) is 0 Å². The summed E-state index contributed by atoms with van der Waals surface area (Å²) in [5, 5.41) is 6.60. The van der Waals surface area contributed by atoms with E-state index in [-0.39, 0.29) is 0 Å². The number of nitrogens with zero attached hydrogens (tertiary/aromatic N) is 3. The van der Waals surface area contributed by atoms with Crippen molar-refractivity contribution in [1.82, 2.24) is 15.0 Å². The van der Waals surface area contributed by atoms with E-state index in [1.54, 1.807) is 6.07 Å². The molecule has 2 N–H and O–H groups in total. The normalized spacial score (nSPS) is 12.6. The van der Waals surface area contributed by atoms with Gasteiger partial charge in [-0.3, -0.25) is 0 Å². The van der Waals surface area contributed by atoms with Crippen LogP contribution in [0.5, 0.6) is 0 Å². The number of aromatic nitrogens is 3. The summed E-state index contributed by atoms with van der Waals surface area (Å²) in [6.45, 7) is 0. The lowest BCUT2D eigenvalue weighted by atomic mass is 10.2. The Morgan fingerprint density at radius 3 is 2.17 bits per heavy atom. The third-order valence-corrected chi connectivity index (χ3v) is 6.15. The largest absolute Gasteiger partial charge is 0.452 e. The topological polar surface area (TPSA) is 119 Å². The van der Waals surface area contributed by atoms with Crippen molar-refractivity contribution in [1.29, 1.82) is 0 Å². The van der Waals surface area contributed by atoms with Crippen LogP contribution in [-0.2, 0) is 0 Å². The zero-order valence-corrected chi connectivity index (χ0v) is 18.5. The van der Waals surface area contributed by atoms with Gasteiger partial charge in [-0.05, 0) is 24.3 Å². The quantitative estimate of drug-likeness (QED) is 0.286. The van der Waals surface area contributed by atoms with Crippen LogP contribution in [0.1, 0.15) is 0 Å². The summed E-state index contributed by atoms with van der Waals surface area (Å²) in [6.07, 6.45) is 5.10. The van der Waals surface area contributed by atoms with Gasteiger partial charge < -0.3 is 28.0 Å². The van der Waals surface area contributed by atoms with Gasteiger partial charge in [-0.15, -0.1) is 0 Å². The van der Waals surface area contributed by atoms with Crippen molar-refractivity contribution in [3.8, 4) is 0 Å². The highest BCUT2D eigenvalue weighted by atomic mass is 16.4. The van der Waals surface area contributed by atoms with Gasteiger partial charge in [0.15, 0.2) is 27.8 Å². The molecule has 172 valence electrons. The molecule has 0 fully saturated rings. The Hall–Kier alpha value is -5.31. The number of fused-ring (bicyclic) bond motifs is 7. The average molecular weight is 473 g/mol. The second-order valence-electron chi connectivity index (χ2n) is 8.34. The lowest BCUT2D eigenvalue weighted by molar-refractivity contribution is 0.621. The van der Waals surface area contributed by atoms with Gasteiger partial charge in [0, 0.05) is 35.3 Å². The summed E-state index contributed by atoms with van der Waals surface area (Å²) >= 11 is 0. The van der Waals surface area contributed by atoms with E-state index in [1.165, 1.54) is 6.33 Å². The number of aromatic amines is 1. The molecule has 0 aliphatic rings. The molecule has 36 heavy (non-hydrogen) atoms. The van der Waals surface area contributed by atoms with Crippen LogP contribution in [-0.4, -0.2) is 15.0 Å². The molecule has 6 heterocycles. The summed E-state index contributed by atoms with van der Waals surface area (Å²) in [4.78, 5) is 16.7. The van der Waals surface area contributed by atoms with Crippen molar-refractivity contribution in [2.75, 3.05) is 5.32 Å². The number of anilines is 2. The van der Waals surface area contributed by atoms with Gasteiger partial charge in [0.1, 0.15) is 23.3 Å². The summed E-state index contributed by atoms with van der Waals surface area (Å²) in [5.41, 5.74) is 4.64. The first-order chi connectivity index (χ1) is 17.8. The molecule has 0 unspecified atom stereocenters. The van der Waals surface area contributed by atoms with Crippen molar-refractivity contribution < 1.29 is 17.7 Å². The van der Waals surface area contributed by atoms with E-state index in [9.17, 15) is 0 Å². The van der Waals surface area contributed by atoms with Crippen LogP contribution < -0.4 is 10.8 Å². The molecule has 0 aliphatic heterocycles. The number of hydrogen-bond acceptors (Lipinski definition) is 8. The molecule has 9 heteroatoms. The number of para-hydroxylation sites is 2. The molecule has 0 bridgehead atoms. The fourth-order valence-electron chi connectivity index (χ4n) is 4.54. The molecule has 0 saturated carbocycles. The summed E-state index contributed by atoms with van der Waals surface area (Å²) < 4.78 is 23.8.